The molecule has 0 fully saturated rings. The van der Waals surface area contributed by atoms with Gasteiger partial charge in [-0.25, -0.2) is 0 Å². The normalized spacial score (nSPS) is 10.7. The third kappa shape index (κ3) is 5.78. The van der Waals surface area contributed by atoms with E-state index < -0.39 is 0 Å². The molecule has 0 spiro atoms. The minimum atomic E-state index is 0. The van der Waals surface area contributed by atoms with Crippen molar-refractivity contribution in [3.8, 4) is 5.75 Å². The maximum Gasteiger partial charge on any atom is 1.00 e. The van der Waals surface area contributed by atoms with Crippen LogP contribution in [0.15, 0.2) is 36.4 Å². The molecule has 2 aromatic rings. The Morgan fingerprint density at radius 1 is 1.04 bits per heavy atom. The number of carbonyl (C=O) groups is 1. The monoisotopic (exact) mass is 335 g/mol. The van der Waals surface area contributed by atoms with E-state index in [1.807, 2.05) is 38.1 Å². The maximum atomic E-state index is 12.6. The average molecular weight is 335 g/mol. The van der Waals surface area contributed by atoms with E-state index >= 15 is 0 Å². The summed E-state index contributed by atoms with van der Waals surface area (Å²) in [6.45, 7) is 8.99. The van der Waals surface area contributed by atoms with Crippen molar-refractivity contribution in [2.45, 2.75) is 40.5 Å². The van der Waals surface area contributed by atoms with Gasteiger partial charge in [-0.2, -0.15) is 0 Å². The van der Waals surface area contributed by atoms with Gasteiger partial charge < -0.3 is 4.74 Å². The third-order valence-electron chi connectivity index (χ3n) is 3.78. The Hall–Kier alpha value is -1.06. The minimum Gasteiger partial charge on any atom is -0.494 e. The predicted molar refractivity (Wildman–Crippen MR) is 99.8 cm³/mol. The molecule has 2 nitrogen and oxygen atoms in total. The molecule has 1 unspecified atom stereocenters. The second-order valence-corrected chi connectivity index (χ2v) is 7.24. The van der Waals surface area contributed by atoms with E-state index in [2.05, 4.69) is 26.0 Å². The smallest absolute Gasteiger partial charge is 0.494 e. The molecule has 0 saturated carbocycles. The number of carbonyl (C=O) groups excluding carboxylic acids is 1. The van der Waals surface area contributed by atoms with Crippen molar-refractivity contribution in [2.75, 3.05) is 6.61 Å². The molecule has 2 rings (SSSR count). The fourth-order valence-corrected chi connectivity index (χ4v) is 3.82. The van der Waals surface area contributed by atoms with Crippen molar-refractivity contribution in [1.82, 2.24) is 0 Å². The Bertz CT molecular complexity index is 658. The second-order valence-electron chi connectivity index (χ2n) is 5.95. The molecule has 0 aliphatic heterocycles. The van der Waals surface area contributed by atoms with Gasteiger partial charge in [-0.1, -0.05) is 43.2 Å². The van der Waals surface area contributed by atoms with Gasteiger partial charge in [0.25, 0.3) is 0 Å². The average Bonchev–Trinajstić information content (AvgIpc) is 2.48. The quantitative estimate of drug-likeness (QED) is 0.439. The molecule has 0 aromatic heterocycles. The Labute approximate surface area is 159 Å². The van der Waals surface area contributed by atoms with Crippen LogP contribution in [0, 0.1) is 20.8 Å². The van der Waals surface area contributed by atoms with Crippen LogP contribution in [0.3, 0.4) is 0 Å². The van der Waals surface area contributed by atoms with Crippen molar-refractivity contribution >= 4 is 19.4 Å². The molecule has 2 aromatic carbocycles. The Kier molecular flexibility index (Phi) is 8.78. The molecule has 0 amide bonds. The Balaban J connectivity index is 0.00000288. The van der Waals surface area contributed by atoms with Crippen LogP contribution in [-0.4, -0.2) is 12.1 Å². The SMILES string of the molecule is CCCCOc1ccc(PC(=O)c2c(C)cc(C)cc2C)cc1.[Li+]. The van der Waals surface area contributed by atoms with Gasteiger partial charge in [-0.05, 0) is 64.3 Å². The van der Waals surface area contributed by atoms with E-state index in [-0.39, 0.29) is 33.0 Å². The summed E-state index contributed by atoms with van der Waals surface area (Å²) in [6.07, 6.45) is 2.19. The fraction of sp³-hybridized carbons (Fsp3) is 0.350. The van der Waals surface area contributed by atoms with Gasteiger partial charge in [0, 0.05) is 5.56 Å². The topological polar surface area (TPSA) is 26.3 Å². The summed E-state index contributed by atoms with van der Waals surface area (Å²) in [7, 11) is 0.150. The number of hydrogen-bond donors (Lipinski definition) is 0. The summed E-state index contributed by atoms with van der Waals surface area (Å²) in [4.78, 5) is 12.6. The number of ether oxygens (including phenoxy) is 1. The zero-order valence-electron chi connectivity index (χ0n) is 15.4. The minimum absolute atomic E-state index is 0. The molecule has 4 heteroatoms. The van der Waals surface area contributed by atoms with Gasteiger partial charge in [0.15, 0.2) is 5.52 Å². The summed E-state index contributed by atoms with van der Waals surface area (Å²) < 4.78 is 5.66. The molecule has 0 aliphatic rings. The molecule has 0 bridgehead atoms. The molecule has 0 aliphatic carbocycles. The van der Waals surface area contributed by atoms with Gasteiger partial charge in [-0.3, -0.25) is 4.79 Å². The van der Waals surface area contributed by atoms with Crippen LogP contribution < -0.4 is 28.9 Å². The first-order chi connectivity index (χ1) is 11.0. The summed E-state index contributed by atoms with van der Waals surface area (Å²) in [5, 5.41) is 1.05. The van der Waals surface area contributed by atoms with E-state index in [4.69, 9.17) is 4.74 Å². The largest absolute Gasteiger partial charge is 1.00 e. The molecule has 0 saturated heterocycles. The Morgan fingerprint density at radius 3 is 2.17 bits per heavy atom. The molecule has 122 valence electrons. The first-order valence-corrected chi connectivity index (χ1v) is 9.13. The van der Waals surface area contributed by atoms with Crippen LogP contribution in [0.1, 0.15) is 46.8 Å². The number of rotatable bonds is 7. The summed E-state index contributed by atoms with van der Waals surface area (Å²) in [5.74, 6) is 0.877. The number of hydrogen-bond acceptors (Lipinski definition) is 2. The van der Waals surface area contributed by atoms with Gasteiger partial charge in [-0.15, -0.1) is 0 Å². The molecule has 0 heterocycles. The maximum absolute atomic E-state index is 12.6. The predicted octanol–water partition coefficient (Wildman–Crippen LogP) is 1.94. The second kappa shape index (κ2) is 10.0. The molecule has 0 N–H and O–H groups in total. The number of unbranched alkanes of at least 4 members (excludes halogenated alkanes) is 1. The van der Waals surface area contributed by atoms with E-state index in [0.717, 1.165) is 47.2 Å². The van der Waals surface area contributed by atoms with Crippen LogP contribution in [0.2, 0.25) is 0 Å². The van der Waals surface area contributed by atoms with Gasteiger partial charge in [0.1, 0.15) is 5.75 Å². The van der Waals surface area contributed by atoms with E-state index in [1.54, 1.807) is 0 Å². The van der Waals surface area contributed by atoms with Crippen molar-refractivity contribution < 1.29 is 28.4 Å². The van der Waals surface area contributed by atoms with Crippen LogP contribution >= 0.6 is 8.58 Å². The molecular formula is C20H25LiO2P+. The number of aryl methyl sites for hydroxylation is 3. The van der Waals surface area contributed by atoms with Crippen molar-refractivity contribution in [2.24, 2.45) is 0 Å². The first kappa shape index (κ1) is 21.0. The Morgan fingerprint density at radius 2 is 1.62 bits per heavy atom. The molecule has 0 radical (unpaired) electrons. The van der Waals surface area contributed by atoms with Crippen molar-refractivity contribution in [3.63, 3.8) is 0 Å². The van der Waals surface area contributed by atoms with Crippen LogP contribution in [0.25, 0.3) is 0 Å². The van der Waals surface area contributed by atoms with Crippen molar-refractivity contribution in [1.29, 1.82) is 0 Å². The number of benzene rings is 2. The standard InChI is InChI=1S/C20H25O2P.Li/c1-5-6-11-22-17-7-9-18(10-8-17)23-20(21)19-15(3)12-14(2)13-16(19)4;/h7-10,12-13,23H,5-6,11H2,1-4H3;/q;+1. The molecular weight excluding hydrogens is 310 g/mol. The van der Waals surface area contributed by atoms with E-state index in [9.17, 15) is 4.79 Å². The zero-order chi connectivity index (χ0) is 16.8. The van der Waals surface area contributed by atoms with E-state index in [1.165, 1.54) is 5.56 Å². The van der Waals surface area contributed by atoms with Crippen LogP contribution in [0.5, 0.6) is 5.75 Å². The molecule has 24 heavy (non-hydrogen) atoms. The third-order valence-corrected chi connectivity index (χ3v) is 4.88. The summed E-state index contributed by atoms with van der Waals surface area (Å²) >= 11 is 0. The fourth-order valence-electron chi connectivity index (χ4n) is 2.70. The van der Waals surface area contributed by atoms with E-state index in [0.29, 0.717) is 0 Å². The summed E-state index contributed by atoms with van der Waals surface area (Å²) in [5.41, 5.74) is 4.42. The van der Waals surface area contributed by atoms with Gasteiger partial charge >= 0.3 is 18.9 Å². The van der Waals surface area contributed by atoms with Gasteiger partial charge in [0.05, 0.1) is 6.61 Å². The summed E-state index contributed by atoms with van der Waals surface area (Å²) in [6, 6.07) is 12.1. The van der Waals surface area contributed by atoms with Crippen molar-refractivity contribution in [3.05, 3.63) is 58.7 Å². The van der Waals surface area contributed by atoms with Gasteiger partial charge in [0.2, 0.25) is 0 Å². The molecule has 1 atom stereocenters. The zero-order valence-corrected chi connectivity index (χ0v) is 16.4. The first-order valence-electron chi connectivity index (χ1n) is 8.13. The van der Waals surface area contributed by atoms with Crippen LogP contribution in [-0.2, 0) is 0 Å². The van der Waals surface area contributed by atoms with Crippen LogP contribution in [0.4, 0.5) is 0 Å².